The van der Waals surface area contributed by atoms with Gasteiger partial charge < -0.3 is 0 Å². The first-order chi connectivity index (χ1) is 7.55. The Morgan fingerprint density at radius 3 is 2.31 bits per heavy atom. The van der Waals surface area contributed by atoms with Crippen LogP contribution >= 0.6 is 0 Å². The highest BCUT2D eigenvalue weighted by Crippen LogP contribution is 2.27. The molecular weight excluding hydrogens is 217 g/mol. The van der Waals surface area contributed by atoms with Crippen LogP contribution in [0.3, 0.4) is 0 Å². The van der Waals surface area contributed by atoms with Crippen molar-refractivity contribution in [1.29, 1.82) is 0 Å². The zero-order valence-corrected chi connectivity index (χ0v) is 8.28. The molecule has 0 N–H and O–H groups in total. The summed E-state index contributed by atoms with van der Waals surface area (Å²) in [6.45, 7) is 0.344. The van der Waals surface area contributed by atoms with Gasteiger partial charge in [0.1, 0.15) is 0 Å². The van der Waals surface area contributed by atoms with Crippen LogP contribution in [0.2, 0.25) is 0 Å². The minimum absolute atomic E-state index is 0.344. The average molecular weight is 226 g/mol. The zero-order valence-electron chi connectivity index (χ0n) is 8.28. The minimum atomic E-state index is -4.37. The van der Waals surface area contributed by atoms with Gasteiger partial charge in [-0.25, -0.2) is 0 Å². The average Bonchev–Trinajstić information content (AvgIpc) is 2.67. The normalized spacial score (nSPS) is 11.7. The molecule has 1 aromatic carbocycles. The van der Waals surface area contributed by atoms with Crippen LogP contribution in [-0.4, -0.2) is 9.78 Å². The fourth-order valence-electron chi connectivity index (χ4n) is 1.37. The minimum Gasteiger partial charge on any atom is -0.268 e. The summed E-state index contributed by atoms with van der Waals surface area (Å²) >= 11 is 0. The molecule has 0 spiro atoms. The van der Waals surface area contributed by atoms with Gasteiger partial charge in [0.05, 0.1) is 6.54 Å². The number of hydrogen-bond acceptors (Lipinski definition) is 1. The fourth-order valence-corrected chi connectivity index (χ4v) is 1.37. The number of rotatable bonds is 2. The summed E-state index contributed by atoms with van der Waals surface area (Å²) in [5.74, 6) is 0. The molecule has 0 atom stereocenters. The molecule has 0 fully saturated rings. The van der Waals surface area contributed by atoms with Crippen molar-refractivity contribution in [2.45, 2.75) is 12.7 Å². The highest BCUT2D eigenvalue weighted by molar-refractivity contribution is 5.15. The van der Waals surface area contributed by atoms with Gasteiger partial charge in [-0.15, -0.1) is 0 Å². The third-order valence-corrected chi connectivity index (χ3v) is 2.12. The topological polar surface area (TPSA) is 17.8 Å². The van der Waals surface area contributed by atoms with E-state index in [0.29, 0.717) is 6.54 Å². The molecule has 2 nitrogen and oxygen atoms in total. The standard InChI is InChI=1S/C11H9F3N2/c12-11(13,14)10-6-7-16(15-10)8-9-4-2-1-3-5-9/h1-7H,8H2. The van der Waals surface area contributed by atoms with Crippen LogP contribution < -0.4 is 0 Å². The van der Waals surface area contributed by atoms with Crippen LogP contribution in [0.4, 0.5) is 13.2 Å². The van der Waals surface area contributed by atoms with E-state index in [9.17, 15) is 13.2 Å². The Labute approximate surface area is 90.3 Å². The summed E-state index contributed by atoms with van der Waals surface area (Å²) in [7, 11) is 0. The van der Waals surface area contributed by atoms with E-state index in [2.05, 4.69) is 5.10 Å². The molecule has 0 unspecified atom stereocenters. The Bertz CT molecular complexity index is 460. The van der Waals surface area contributed by atoms with Crippen LogP contribution in [-0.2, 0) is 12.7 Å². The van der Waals surface area contributed by atoms with Crippen molar-refractivity contribution in [3.63, 3.8) is 0 Å². The van der Waals surface area contributed by atoms with Gasteiger partial charge in [0, 0.05) is 6.20 Å². The van der Waals surface area contributed by atoms with Crippen molar-refractivity contribution in [3.8, 4) is 0 Å². The Balaban J connectivity index is 2.15. The largest absolute Gasteiger partial charge is 0.435 e. The number of hydrogen-bond donors (Lipinski definition) is 0. The molecule has 84 valence electrons. The summed E-state index contributed by atoms with van der Waals surface area (Å²) in [5.41, 5.74) is 0.0581. The number of aromatic nitrogens is 2. The summed E-state index contributed by atoms with van der Waals surface area (Å²) in [5, 5.41) is 3.47. The van der Waals surface area contributed by atoms with E-state index in [1.165, 1.54) is 10.9 Å². The lowest BCUT2D eigenvalue weighted by molar-refractivity contribution is -0.141. The second-order valence-electron chi connectivity index (χ2n) is 3.38. The maximum atomic E-state index is 12.3. The van der Waals surface area contributed by atoms with Crippen LogP contribution in [0.25, 0.3) is 0 Å². The Hall–Kier alpha value is -1.78. The second-order valence-corrected chi connectivity index (χ2v) is 3.38. The highest BCUT2D eigenvalue weighted by Gasteiger charge is 2.33. The lowest BCUT2D eigenvalue weighted by Crippen LogP contribution is -2.08. The molecule has 2 aromatic rings. The summed E-state index contributed by atoms with van der Waals surface area (Å²) in [4.78, 5) is 0. The van der Waals surface area contributed by atoms with Crippen molar-refractivity contribution < 1.29 is 13.2 Å². The first-order valence-electron chi connectivity index (χ1n) is 4.70. The van der Waals surface area contributed by atoms with E-state index >= 15 is 0 Å². The monoisotopic (exact) mass is 226 g/mol. The van der Waals surface area contributed by atoms with Crippen LogP contribution in [0.1, 0.15) is 11.3 Å². The quantitative estimate of drug-likeness (QED) is 0.769. The SMILES string of the molecule is FC(F)(F)c1ccn(Cc2ccccc2)n1. The molecule has 5 heteroatoms. The predicted molar refractivity (Wildman–Crippen MR) is 52.8 cm³/mol. The molecule has 0 bridgehead atoms. The highest BCUT2D eigenvalue weighted by atomic mass is 19.4. The molecule has 0 aliphatic rings. The van der Waals surface area contributed by atoms with Crippen molar-refractivity contribution in [3.05, 3.63) is 53.9 Å². The Morgan fingerprint density at radius 2 is 1.75 bits per heavy atom. The first kappa shape index (κ1) is 10.7. The summed E-state index contributed by atoms with van der Waals surface area (Å²) in [6.07, 6.45) is -3.04. The lowest BCUT2D eigenvalue weighted by atomic mass is 10.2. The Kier molecular flexibility index (Phi) is 2.68. The second kappa shape index (κ2) is 4.00. The van der Waals surface area contributed by atoms with Crippen LogP contribution in [0, 0.1) is 0 Å². The van der Waals surface area contributed by atoms with Gasteiger partial charge >= 0.3 is 6.18 Å². The van der Waals surface area contributed by atoms with Gasteiger partial charge in [-0.3, -0.25) is 4.68 Å². The molecule has 0 saturated carbocycles. The van der Waals surface area contributed by atoms with E-state index in [1.807, 2.05) is 30.3 Å². The fraction of sp³-hybridized carbons (Fsp3) is 0.182. The third-order valence-electron chi connectivity index (χ3n) is 2.12. The maximum absolute atomic E-state index is 12.3. The molecule has 1 heterocycles. The van der Waals surface area contributed by atoms with Gasteiger partial charge in [0.15, 0.2) is 5.69 Å². The summed E-state index contributed by atoms with van der Waals surface area (Å²) < 4.78 is 38.1. The molecule has 0 amide bonds. The molecule has 16 heavy (non-hydrogen) atoms. The van der Waals surface area contributed by atoms with Gasteiger partial charge in [-0.2, -0.15) is 18.3 Å². The number of benzene rings is 1. The predicted octanol–water partition coefficient (Wildman–Crippen LogP) is 2.95. The molecule has 1 aromatic heterocycles. The first-order valence-corrected chi connectivity index (χ1v) is 4.70. The van der Waals surface area contributed by atoms with Crippen LogP contribution in [0.5, 0.6) is 0 Å². The molecular formula is C11H9F3N2. The smallest absolute Gasteiger partial charge is 0.268 e. The van der Waals surface area contributed by atoms with E-state index in [0.717, 1.165) is 11.6 Å². The van der Waals surface area contributed by atoms with E-state index < -0.39 is 11.9 Å². The maximum Gasteiger partial charge on any atom is 0.435 e. The number of nitrogens with zero attached hydrogens (tertiary/aromatic N) is 2. The van der Waals surface area contributed by atoms with Gasteiger partial charge in [-0.05, 0) is 11.6 Å². The molecule has 2 rings (SSSR count). The summed E-state index contributed by atoms with van der Waals surface area (Å²) in [6, 6.07) is 10.2. The Morgan fingerprint density at radius 1 is 1.06 bits per heavy atom. The zero-order chi connectivity index (χ0) is 11.6. The molecule has 0 radical (unpaired) electrons. The number of halogens is 3. The van der Waals surface area contributed by atoms with Crippen molar-refractivity contribution >= 4 is 0 Å². The molecule has 0 aliphatic carbocycles. The van der Waals surface area contributed by atoms with Crippen molar-refractivity contribution in [2.24, 2.45) is 0 Å². The lowest BCUT2D eigenvalue weighted by Gasteiger charge is -2.03. The van der Waals surface area contributed by atoms with E-state index in [4.69, 9.17) is 0 Å². The van der Waals surface area contributed by atoms with Gasteiger partial charge in [0.2, 0.25) is 0 Å². The molecule has 0 saturated heterocycles. The number of alkyl halides is 3. The van der Waals surface area contributed by atoms with Gasteiger partial charge in [-0.1, -0.05) is 30.3 Å². The van der Waals surface area contributed by atoms with Crippen LogP contribution in [0.15, 0.2) is 42.6 Å². The van der Waals surface area contributed by atoms with Gasteiger partial charge in [0.25, 0.3) is 0 Å². The third kappa shape index (κ3) is 2.42. The van der Waals surface area contributed by atoms with E-state index in [1.54, 1.807) is 0 Å². The molecule has 0 aliphatic heterocycles. The van der Waals surface area contributed by atoms with Crippen molar-refractivity contribution in [1.82, 2.24) is 9.78 Å². The van der Waals surface area contributed by atoms with E-state index in [-0.39, 0.29) is 0 Å². The van der Waals surface area contributed by atoms with Crippen molar-refractivity contribution in [2.75, 3.05) is 0 Å².